The fraction of sp³-hybridized carbons (Fsp3) is 0.312. The van der Waals surface area contributed by atoms with E-state index in [4.69, 9.17) is 4.74 Å². The van der Waals surface area contributed by atoms with Gasteiger partial charge >= 0.3 is 6.03 Å². The first-order chi connectivity index (χ1) is 10.7. The number of aliphatic hydroxyl groups excluding tert-OH is 1. The van der Waals surface area contributed by atoms with Crippen molar-refractivity contribution in [1.29, 1.82) is 0 Å². The Morgan fingerprint density at radius 3 is 3.09 bits per heavy atom. The molecular weight excluding hydrogens is 300 g/mol. The van der Waals surface area contributed by atoms with Crippen LogP contribution in [0.15, 0.2) is 35.7 Å². The number of carbonyl (C=O) groups is 1. The summed E-state index contributed by atoms with van der Waals surface area (Å²) in [7, 11) is 0. The van der Waals surface area contributed by atoms with Gasteiger partial charge in [-0.3, -0.25) is 0 Å². The molecule has 3 N–H and O–H groups in total. The molecule has 1 aliphatic rings. The number of hydrogen-bond donors (Lipinski definition) is 3. The van der Waals surface area contributed by atoms with Gasteiger partial charge < -0.3 is 20.5 Å². The smallest absolute Gasteiger partial charge is 0.315 e. The van der Waals surface area contributed by atoms with Crippen molar-refractivity contribution in [2.45, 2.75) is 19.1 Å². The molecule has 0 saturated carbocycles. The van der Waals surface area contributed by atoms with Crippen molar-refractivity contribution in [3.63, 3.8) is 0 Å². The zero-order valence-corrected chi connectivity index (χ0v) is 12.9. The van der Waals surface area contributed by atoms with Crippen LogP contribution in [0.2, 0.25) is 0 Å². The third-order valence-electron chi connectivity index (χ3n) is 3.56. The Morgan fingerprint density at radius 1 is 1.36 bits per heavy atom. The number of carbonyl (C=O) groups excluding carboxylic acids is 1. The van der Waals surface area contributed by atoms with Gasteiger partial charge in [-0.1, -0.05) is 12.1 Å². The van der Waals surface area contributed by atoms with Gasteiger partial charge in [0.15, 0.2) is 0 Å². The van der Waals surface area contributed by atoms with Crippen LogP contribution >= 0.6 is 11.3 Å². The van der Waals surface area contributed by atoms with E-state index in [0.717, 1.165) is 28.2 Å². The highest BCUT2D eigenvalue weighted by Gasteiger charge is 2.16. The Morgan fingerprint density at radius 2 is 2.27 bits per heavy atom. The molecule has 1 aliphatic heterocycles. The number of fused-ring (bicyclic) bond motifs is 1. The molecule has 22 heavy (non-hydrogen) atoms. The maximum Gasteiger partial charge on any atom is 0.315 e. The van der Waals surface area contributed by atoms with E-state index in [0.29, 0.717) is 13.2 Å². The lowest BCUT2D eigenvalue weighted by Crippen LogP contribution is -2.37. The van der Waals surface area contributed by atoms with Crippen LogP contribution in [0.5, 0.6) is 5.75 Å². The lowest BCUT2D eigenvalue weighted by Gasteiger charge is -2.13. The van der Waals surface area contributed by atoms with E-state index in [9.17, 15) is 9.90 Å². The quantitative estimate of drug-likeness (QED) is 0.791. The van der Waals surface area contributed by atoms with E-state index in [1.165, 1.54) is 0 Å². The summed E-state index contributed by atoms with van der Waals surface area (Å²) in [4.78, 5) is 12.8. The first-order valence-electron chi connectivity index (χ1n) is 7.20. The van der Waals surface area contributed by atoms with Crippen molar-refractivity contribution in [2.24, 2.45) is 0 Å². The number of hydrogen-bond acceptors (Lipinski definition) is 4. The second kappa shape index (κ2) is 6.81. The van der Waals surface area contributed by atoms with Crippen LogP contribution in [0.4, 0.5) is 4.79 Å². The van der Waals surface area contributed by atoms with Gasteiger partial charge in [-0.15, -0.1) is 11.3 Å². The van der Waals surface area contributed by atoms with E-state index >= 15 is 0 Å². The summed E-state index contributed by atoms with van der Waals surface area (Å²) in [6, 6.07) is 9.28. The van der Waals surface area contributed by atoms with Crippen molar-refractivity contribution in [3.05, 3.63) is 51.7 Å². The molecule has 1 atom stereocenters. The third kappa shape index (κ3) is 3.58. The van der Waals surface area contributed by atoms with Gasteiger partial charge in [0.25, 0.3) is 0 Å². The van der Waals surface area contributed by atoms with Crippen molar-refractivity contribution >= 4 is 17.4 Å². The molecule has 116 valence electrons. The van der Waals surface area contributed by atoms with Crippen molar-refractivity contribution in [2.75, 3.05) is 13.2 Å². The van der Waals surface area contributed by atoms with Crippen molar-refractivity contribution < 1.29 is 14.6 Å². The molecule has 5 nitrogen and oxygen atoms in total. The average molecular weight is 318 g/mol. The molecule has 0 aliphatic carbocycles. The molecule has 2 amide bonds. The number of benzene rings is 1. The summed E-state index contributed by atoms with van der Waals surface area (Å²) in [6.07, 6.45) is 0.142. The van der Waals surface area contributed by atoms with Gasteiger partial charge in [0.2, 0.25) is 0 Å². The molecule has 0 saturated heterocycles. The molecule has 0 bridgehead atoms. The van der Waals surface area contributed by atoms with Gasteiger partial charge in [0, 0.05) is 17.8 Å². The Balaban J connectivity index is 1.47. The fourth-order valence-corrected chi connectivity index (χ4v) is 3.01. The number of rotatable bonds is 5. The molecule has 2 heterocycles. The highest BCUT2D eigenvalue weighted by atomic mass is 32.1. The first-order valence-corrected chi connectivity index (χ1v) is 8.08. The second-order valence-electron chi connectivity index (χ2n) is 5.12. The largest absolute Gasteiger partial charge is 0.493 e. The van der Waals surface area contributed by atoms with Gasteiger partial charge in [0.05, 0.1) is 19.3 Å². The number of ether oxygens (including phenoxy) is 1. The van der Waals surface area contributed by atoms with Gasteiger partial charge in [-0.25, -0.2) is 4.79 Å². The summed E-state index contributed by atoms with van der Waals surface area (Å²) in [5.74, 6) is 0.887. The molecule has 6 heteroatoms. The van der Waals surface area contributed by atoms with Gasteiger partial charge in [0.1, 0.15) is 5.75 Å². The van der Waals surface area contributed by atoms with Crippen LogP contribution in [0.3, 0.4) is 0 Å². The molecule has 0 fully saturated rings. The van der Waals surface area contributed by atoms with E-state index in [2.05, 4.69) is 10.6 Å². The van der Waals surface area contributed by atoms with Crippen molar-refractivity contribution in [1.82, 2.24) is 10.6 Å². The van der Waals surface area contributed by atoms with Crippen molar-refractivity contribution in [3.8, 4) is 5.75 Å². The molecule has 1 aromatic heterocycles. The average Bonchev–Trinajstić information content (AvgIpc) is 3.20. The molecule has 3 rings (SSSR count). The summed E-state index contributed by atoms with van der Waals surface area (Å²) in [5.41, 5.74) is 1.90. The van der Waals surface area contributed by atoms with Gasteiger partial charge in [-0.05, 0) is 34.7 Å². The molecule has 1 aromatic carbocycles. The number of thiophene rings is 1. The number of urea groups is 1. The van der Waals surface area contributed by atoms with Crippen LogP contribution in [0, 0.1) is 0 Å². The van der Waals surface area contributed by atoms with Gasteiger partial charge in [-0.2, -0.15) is 0 Å². The summed E-state index contributed by atoms with van der Waals surface area (Å²) >= 11 is 1.59. The van der Waals surface area contributed by atoms with Crippen LogP contribution < -0.4 is 15.4 Å². The number of nitrogens with one attached hydrogen (secondary N) is 2. The Labute approximate surface area is 132 Å². The lowest BCUT2D eigenvalue weighted by atomic mass is 10.0. The predicted octanol–water partition coefficient (Wildman–Crippen LogP) is 2.22. The van der Waals surface area contributed by atoms with E-state index in [1.54, 1.807) is 11.3 Å². The zero-order chi connectivity index (χ0) is 15.4. The molecular formula is C16H18N2O3S. The highest BCUT2D eigenvalue weighted by Crippen LogP contribution is 2.27. The summed E-state index contributed by atoms with van der Waals surface area (Å²) in [5, 5.41) is 17.6. The summed E-state index contributed by atoms with van der Waals surface area (Å²) < 4.78 is 5.44. The maximum atomic E-state index is 11.7. The number of amides is 2. The van der Waals surface area contributed by atoms with E-state index in [1.807, 2.05) is 35.7 Å². The topological polar surface area (TPSA) is 70.6 Å². The number of aliphatic hydroxyl groups is 1. The SMILES string of the molecule is O=C(NCc1cccs1)NCC(O)c1ccc2c(c1)CCO2. The Hall–Kier alpha value is -2.05. The third-order valence-corrected chi connectivity index (χ3v) is 4.43. The molecule has 1 unspecified atom stereocenters. The van der Waals surface area contributed by atoms with E-state index in [-0.39, 0.29) is 12.6 Å². The lowest BCUT2D eigenvalue weighted by molar-refractivity contribution is 0.173. The predicted molar refractivity (Wildman–Crippen MR) is 85.2 cm³/mol. The standard InChI is InChI=1S/C16H18N2O3S/c19-14(11-3-4-15-12(8-11)5-6-21-15)10-18-16(20)17-9-13-2-1-7-22-13/h1-4,7-8,14,19H,5-6,9-10H2,(H2,17,18,20). The molecule has 0 spiro atoms. The van der Waals surface area contributed by atoms with Crippen LogP contribution in [-0.2, 0) is 13.0 Å². The summed E-state index contributed by atoms with van der Waals surface area (Å²) in [6.45, 7) is 1.37. The second-order valence-corrected chi connectivity index (χ2v) is 6.16. The Kier molecular flexibility index (Phi) is 4.60. The normalized spacial score (nSPS) is 14.0. The minimum Gasteiger partial charge on any atom is -0.493 e. The minimum atomic E-state index is -0.724. The fourth-order valence-electron chi connectivity index (χ4n) is 2.36. The van der Waals surface area contributed by atoms with Crippen LogP contribution in [0.1, 0.15) is 22.1 Å². The maximum absolute atomic E-state index is 11.7. The minimum absolute atomic E-state index is 0.177. The van der Waals surface area contributed by atoms with E-state index < -0.39 is 6.10 Å². The molecule has 2 aromatic rings. The molecule has 0 radical (unpaired) electrons. The zero-order valence-electron chi connectivity index (χ0n) is 12.0. The van der Waals surface area contributed by atoms with Crippen LogP contribution in [0.25, 0.3) is 0 Å². The monoisotopic (exact) mass is 318 g/mol. The Bertz CT molecular complexity index is 643. The highest BCUT2D eigenvalue weighted by molar-refractivity contribution is 7.09. The van der Waals surface area contributed by atoms with Crippen LogP contribution in [-0.4, -0.2) is 24.3 Å². The first kappa shape index (κ1) is 14.9.